The Hall–Kier alpha value is -2.40. The summed E-state index contributed by atoms with van der Waals surface area (Å²) in [5, 5.41) is 2.64. The molecule has 1 aliphatic rings. The van der Waals surface area contributed by atoms with Crippen molar-refractivity contribution < 1.29 is 14.0 Å². The van der Waals surface area contributed by atoms with Crippen LogP contribution in [0.5, 0.6) is 0 Å². The SMILES string of the molecule is Cc1cc(C)cc(N2CC(C(=O)Nc3ccc(F)c(Cl)c3)CC2=O)c1. The first-order chi connectivity index (χ1) is 11.8. The Morgan fingerprint density at radius 3 is 2.52 bits per heavy atom. The first-order valence-electron chi connectivity index (χ1n) is 7.98. The Labute approximate surface area is 150 Å². The zero-order chi connectivity index (χ0) is 18.1. The lowest BCUT2D eigenvalue weighted by molar-refractivity contribution is -0.122. The Morgan fingerprint density at radius 1 is 1.20 bits per heavy atom. The molecular formula is C19H18ClFN2O2. The molecule has 2 amide bonds. The fraction of sp³-hybridized carbons (Fsp3) is 0.263. The van der Waals surface area contributed by atoms with E-state index in [1.807, 2.05) is 32.0 Å². The monoisotopic (exact) mass is 360 g/mol. The van der Waals surface area contributed by atoms with Crippen LogP contribution in [-0.2, 0) is 9.59 Å². The molecule has 0 aromatic heterocycles. The molecule has 1 aliphatic heterocycles. The highest BCUT2D eigenvalue weighted by atomic mass is 35.5. The van der Waals surface area contributed by atoms with Crippen LogP contribution in [0.1, 0.15) is 17.5 Å². The van der Waals surface area contributed by atoms with E-state index in [2.05, 4.69) is 5.32 Å². The molecule has 1 N–H and O–H groups in total. The number of hydrogen-bond acceptors (Lipinski definition) is 2. The quantitative estimate of drug-likeness (QED) is 0.896. The highest BCUT2D eigenvalue weighted by Crippen LogP contribution is 2.28. The number of hydrogen-bond donors (Lipinski definition) is 1. The summed E-state index contributed by atoms with van der Waals surface area (Å²) in [6, 6.07) is 9.90. The van der Waals surface area contributed by atoms with Gasteiger partial charge in [0.15, 0.2) is 0 Å². The number of carbonyl (C=O) groups excluding carboxylic acids is 2. The number of nitrogens with zero attached hydrogens (tertiary/aromatic N) is 1. The zero-order valence-corrected chi connectivity index (χ0v) is 14.7. The van der Waals surface area contributed by atoms with Gasteiger partial charge in [0, 0.05) is 24.3 Å². The van der Waals surface area contributed by atoms with Crippen molar-refractivity contribution in [2.45, 2.75) is 20.3 Å². The molecule has 25 heavy (non-hydrogen) atoms. The maximum atomic E-state index is 13.2. The Morgan fingerprint density at radius 2 is 1.88 bits per heavy atom. The van der Waals surface area contributed by atoms with Crippen LogP contribution in [0.2, 0.25) is 5.02 Å². The molecule has 4 nitrogen and oxygen atoms in total. The molecule has 0 spiro atoms. The third-order valence-electron chi connectivity index (χ3n) is 4.20. The highest BCUT2D eigenvalue weighted by Gasteiger charge is 2.35. The van der Waals surface area contributed by atoms with Crippen LogP contribution in [0, 0.1) is 25.6 Å². The predicted octanol–water partition coefficient (Wildman–Crippen LogP) is 4.09. The number of halogens is 2. The van der Waals surface area contributed by atoms with Crippen LogP contribution in [0.3, 0.4) is 0 Å². The van der Waals surface area contributed by atoms with E-state index in [0.29, 0.717) is 12.2 Å². The minimum atomic E-state index is -0.545. The van der Waals surface area contributed by atoms with E-state index in [4.69, 9.17) is 11.6 Å². The number of anilines is 2. The fourth-order valence-corrected chi connectivity index (χ4v) is 3.24. The summed E-state index contributed by atoms with van der Waals surface area (Å²) in [4.78, 5) is 26.4. The Kier molecular flexibility index (Phi) is 4.77. The number of rotatable bonds is 3. The van der Waals surface area contributed by atoms with E-state index in [9.17, 15) is 14.0 Å². The second kappa shape index (κ2) is 6.84. The van der Waals surface area contributed by atoms with Crippen molar-refractivity contribution in [3.05, 3.63) is 58.4 Å². The lowest BCUT2D eigenvalue weighted by Crippen LogP contribution is -2.28. The first-order valence-corrected chi connectivity index (χ1v) is 8.36. The summed E-state index contributed by atoms with van der Waals surface area (Å²) < 4.78 is 13.2. The molecule has 1 atom stereocenters. The standard InChI is InChI=1S/C19H18ClFN2O2/c1-11-5-12(2)7-15(6-11)23-10-13(8-18(23)24)19(25)22-14-3-4-17(21)16(20)9-14/h3-7,9,13H,8,10H2,1-2H3,(H,22,25). The molecule has 1 heterocycles. The number of nitrogens with one attached hydrogen (secondary N) is 1. The van der Waals surface area contributed by atoms with Crippen molar-refractivity contribution in [1.29, 1.82) is 0 Å². The van der Waals surface area contributed by atoms with Gasteiger partial charge in [-0.2, -0.15) is 0 Å². The van der Waals surface area contributed by atoms with Gasteiger partial charge in [-0.25, -0.2) is 4.39 Å². The molecule has 0 saturated carbocycles. The van der Waals surface area contributed by atoms with E-state index in [1.165, 1.54) is 18.2 Å². The van der Waals surface area contributed by atoms with Crippen molar-refractivity contribution in [2.75, 3.05) is 16.8 Å². The third kappa shape index (κ3) is 3.82. The van der Waals surface area contributed by atoms with Gasteiger partial charge in [-0.15, -0.1) is 0 Å². The van der Waals surface area contributed by atoms with Gasteiger partial charge in [-0.1, -0.05) is 17.7 Å². The smallest absolute Gasteiger partial charge is 0.229 e. The van der Waals surface area contributed by atoms with Crippen molar-refractivity contribution in [3.8, 4) is 0 Å². The van der Waals surface area contributed by atoms with Crippen LogP contribution in [0.15, 0.2) is 36.4 Å². The number of benzene rings is 2. The summed E-state index contributed by atoms with van der Waals surface area (Å²) in [5.41, 5.74) is 3.35. The molecule has 2 aromatic carbocycles. The van der Waals surface area contributed by atoms with Gasteiger partial charge in [-0.05, 0) is 55.3 Å². The number of aryl methyl sites for hydroxylation is 2. The summed E-state index contributed by atoms with van der Waals surface area (Å²) in [6.45, 7) is 4.27. The van der Waals surface area contributed by atoms with E-state index < -0.39 is 11.7 Å². The van der Waals surface area contributed by atoms with Gasteiger partial charge in [0.05, 0.1) is 10.9 Å². The van der Waals surface area contributed by atoms with Crippen LogP contribution >= 0.6 is 11.6 Å². The average Bonchev–Trinajstić information content (AvgIpc) is 2.92. The molecular weight excluding hydrogens is 343 g/mol. The second-order valence-corrected chi connectivity index (χ2v) is 6.78. The molecule has 3 rings (SSSR count). The molecule has 1 saturated heterocycles. The van der Waals surface area contributed by atoms with Crippen LogP contribution in [-0.4, -0.2) is 18.4 Å². The maximum absolute atomic E-state index is 13.2. The summed E-state index contributed by atoms with van der Waals surface area (Å²) in [5.74, 6) is -1.36. The molecule has 6 heteroatoms. The van der Waals surface area contributed by atoms with Crippen LogP contribution < -0.4 is 10.2 Å². The topological polar surface area (TPSA) is 49.4 Å². The molecule has 1 unspecified atom stereocenters. The van der Waals surface area contributed by atoms with Gasteiger partial charge in [0.1, 0.15) is 5.82 Å². The van der Waals surface area contributed by atoms with Gasteiger partial charge >= 0.3 is 0 Å². The first kappa shape index (κ1) is 17.4. The normalized spacial score (nSPS) is 17.0. The van der Waals surface area contributed by atoms with E-state index in [-0.39, 0.29) is 23.3 Å². The molecule has 0 bridgehead atoms. The summed E-state index contributed by atoms with van der Waals surface area (Å²) in [6.07, 6.45) is 0.147. The molecule has 1 fully saturated rings. The van der Waals surface area contributed by atoms with Crippen molar-refractivity contribution in [2.24, 2.45) is 5.92 Å². The largest absolute Gasteiger partial charge is 0.326 e. The van der Waals surface area contributed by atoms with Gasteiger partial charge in [0.2, 0.25) is 11.8 Å². The second-order valence-electron chi connectivity index (χ2n) is 6.37. The molecule has 0 aliphatic carbocycles. The lowest BCUT2D eigenvalue weighted by atomic mass is 10.1. The van der Waals surface area contributed by atoms with E-state index >= 15 is 0 Å². The molecule has 2 aromatic rings. The van der Waals surface area contributed by atoms with Crippen LogP contribution in [0.25, 0.3) is 0 Å². The van der Waals surface area contributed by atoms with Gasteiger partial charge in [0.25, 0.3) is 0 Å². The average molecular weight is 361 g/mol. The van der Waals surface area contributed by atoms with Crippen molar-refractivity contribution >= 4 is 34.8 Å². The zero-order valence-electron chi connectivity index (χ0n) is 14.0. The lowest BCUT2D eigenvalue weighted by Gasteiger charge is -2.18. The summed E-state index contributed by atoms with van der Waals surface area (Å²) in [7, 11) is 0. The molecule has 130 valence electrons. The minimum absolute atomic E-state index is 0.0582. The predicted molar refractivity (Wildman–Crippen MR) is 96.4 cm³/mol. The van der Waals surface area contributed by atoms with Gasteiger partial charge in [-0.3, -0.25) is 9.59 Å². The fourth-order valence-electron chi connectivity index (χ4n) is 3.06. The van der Waals surface area contributed by atoms with Crippen LogP contribution in [0.4, 0.5) is 15.8 Å². The third-order valence-corrected chi connectivity index (χ3v) is 4.49. The maximum Gasteiger partial charge on any atom is 0.229 e. The van der Waals surface area contributed by atoms with Crippen molar-refractivity contribution in [1.82, 2.24) is 0 Å². The highest BCUT2D eigenvalue weighted by molar-refractivity contribution is 6.31. The summed E-state index contributed by atoms with van der Waals surface area (Å²) >= 11 is 5.72. The van der Waals surface area contributed by atoms with E-state index in [1.54, 1.807) is 4.90 Å². The Balaban J connectivity index is 1.73. The Bertz CT molecular complexity index is 833. The van der Waals surface area contributed by atoms with Gasteiger partial charge < -0.3 is 10.2 Å². The minimum Gasteiger partial charge on any atom is -0.326 e. The molecule has 0 radical (unpaired) electrons. The number of amides is 2. The van der Waals surface area contributed by atoms with Crippen molar-refractivity contribution in [3.63, 3.8) is 0 Å². The number of carbonyl (C=O) groups is 2. The van der Waals surface area contributed by atoms with E-state index in [0.717, 1.165) is 16.8 Å².